The van der Waals surface area contributed by atoms with E-state index in [0.717, 1.165) is 38.5 Å². The van der Waals surface area contributed by atoms with Crippen LogP contribution in [0.3, 0.4) is 0 Å². The van der Waals surface area contributed by atoms with Crippen LogP contribution in [0.1, 0.15) is 86.9 Å². The zero-order valence-corrected chi connectivity index (χ0v) is 15.3. The van der Waals surface area contributed by atoms with Crippen molar-refractivity contribution in [1.82, 2.24) is 0 Å². The van der Waals surface area contributed by atoms with E-state index < -0.39 is 11.9 Å². The van der Waals surface area contributed by atoms with Gasteiger partial charge in [-0.05, 0) is 44.9 Å². The van der Waals surface area contributed by atoms with Gasteiger partial charge in [0.1, 0.15) is 0 Å². The summed E-state index contributed by atoms with van der Waals surface area (Å²) in [7, 11) is 0. The fourth-order valence-corrected chi connectivity index (χ4v) is 2.38. The van der Waals surface area contributed by atoms with Crippen molar-refractivity contribution in [3.8, 4) is 0 Å². The van der Waals surface area contributed by atoms with Crippen molar-refractivity contribution in [3.05, 3.63) is 35.4 Å². The topological polar surface area (TPSA) is 52.6 Å². The van der Waals surface area contributed by atoms with Crippen molar-refractivity contribution in [2.45, 2.75) is 78.4 Å². The van der Waals surface area contributed by atoms with E-state index in [0.29, 0.717) is 11.1 Å². The first kappa shape index (κ1) is 20.2. The standard InChI is InChI=1S/C20H30O4/c1-5-7-10-15(3)23-19(21)17-12-9-13-18(14-17)20(22)24-16(4)11-8-6-2/h9,12-16H,5-8,10-11H2,1-4H3. The van der Waals surface area contributed by atoms with E-state index in [-0.39, 0.29) is 12.2 Å². The van der Waals surface area contributed by atoms with Crippen LogP contribution in [0.15, 0.2) is 24.3 Å². The molecule has 0 aromatic heterocycles. The number of rotatable bonds is 10. The lowest BCUT2D eigenvalue weighted by atomic mass is 10.1. The Balaban J connectivity index is 2.65. The van der Waals surface area contributed by atoms with Crippen LogP contribution in [0, 0.1) is 0 Å². The molecule has 0 aliphatic rings. The van der Waals surface area contributed by atoms with Crippen molar-refractivity contribution in [2.75, 3.05) is 0 Å². The molecule has 0 saturated carbocycles. The first-order valence-corrected chi connectivity index (χ1v) is 8.99. The summed E-state index contributed by atoms with van der Waals surface area (Å²) in [5.41, 5.74) is 0.767. The minimum atomic E-state index is -0.396. The highest BCUT2D eigenvalue weighted by atomic mass is 16.5. The number of ether oxygens (including phenoxy) is 2. The monoisotopic (exact) mass is 334 g/mol. The molecule has 0 radical (unpaired) electrons. The highest BCUT2D eigenvalue weighted by Crippen LogP contribution is 2.13. The Kier molecular flexibility index (Phi) is 9.13. The molecule has 1 aromatic rings. The van der Waals surface area contributed by atoms with Gasteiger partial charge in [0.05, 0.1) is 23.3 Å². The normalized spacial score (nSPS) is 13.2. The summed E-state index contributed by atoms with van der Waals surface area (Å²) in [5.74, 6) is -0.792. The Bertz CT molecular complexity index is 481. The lowest BCUT2D eigenvalue weighted by Gasteiger charge is -2.14. The molecule has 1 rings (SSSR count). The third-order valence-electron chi connectivity index (χ3n) is 3.88. The number of benzene rings is 1. The molecule has 2 atom stereocenters. The summed E-state index contributed by atoms with van der Waals surface area (Å²) in [6.45, 7) is 7.98. The molecule has 134 valence electrons. The SMILES string of the molecule is CCCCC(C)OC(=O)c1cccc(C(=O)OC(C)CCCC)c1. The maximum absolute atomic E-state index is 12.2. The molecular formula is C20H30O4. The van der Waals surface area contributed by atoms with Crippen LogP contribution < -0.4 is 0 Å². The fraction of sp³-hybridized carbons (Fsp3) is 0.600. The molecule has 0 aliphatic carbocycles. The van der Waals surface area contributed by atoms with Gasteiger partial charge in [-0.2, -0.15) is 0 Å². The van der Waals surface area contributed by atoms with Crippen molar-refractivity contribution in [3.63, 3.8) is 0 Å². The molecule has 2 unspecified atom stereocenters. The summed E-state index contributed by atoms with van der Waals surface area (Å²) in [6, 6.07) is 6.54. The summed E-state index contributed by atoms with van der Waals surface area (Å²) in [4.78, 5) is 24.4. The Morgan fingerprint density at radius 2 is 1.29 bits per heavy atom. The molecule has 24 heavy (non-hydrogen) atoms. The molecule has 0 bridgehead atoms. The Morgan fingerprint density at radius 3 is 1.67 bits per heavy atom. The molecule has 0 fully saturated rings. The van der Waals surface area contributed by atoms with Gasteiger partial charge in [-0.1, -0.05) is 45.6 Å². The molecule has 0 spiro atoms. The largest absolute Gasteiger partial charge is 0.459 e. The van der Waals surface area contributed by atoms with Crippen molar-refractivity contribution >= 4 is 11.9 Å². The van der Waals surface area contributed by atoms with E-state index in [2.05, 4.69) is 13.8 Å². The number of hydrogen-bond acceptors (Lipinski definition) is 4. The molecule has 0 aliphatic heterocycles. The Hall–Kier alpha value is -1.84. The average Bonchev–Trinajstić information content (AvgIpc) is 2.58. The second-order valence-corrected chi connectivity index (χ2v) is 6.30. The minimum Gasteiger partial charge on any atom is -0.459 e. The van der Waals surface area contributed by atoms with Gasteiger partial charge in [0.25, 0.3) is 0 Å². The third kappa shape index (κ3) is 7.16. The van der Waals surface area contributed by atoms with Gasteiger partial charge in [-0.3, -0.25) is 0 Å². The number of carbonyl (C=O) groups excluding carboxylic acids is 2. The number of hydrogen-bond donors (Lipinski definition) is 0. The summed E-state index contributed by atoms with van der Waals surface area (Å²) >= 11 is 0. The maximum atomic E-state index is 12.2. The van der Waals surface area contributed by atoms with Gasteiger partial charge in [-0.25, -0.2) is 9.59 Å². The minimum absolute atomic E-state index is 0.123. The predicted octanol–water partition coefficient (Wildman–Crippen LogP) is 5.16. The average molecular weight is 334 g/mol. The van der Waals surface area contributed by atoms with Crippen molar-refractivity contribution in [1.29, 1.82) is 0 Å². The molecule has 4 nitrogen and oxygen atoms in total. The van der Waals surface area contributed by atoms with Crippen LogP contribution in [0.25, 0.3) is 0 Å². The molecule has 0 N–H and O–H groups in total. The zero-order valence-electron chi connectivity index (χ0n) is 15.3. The van der Waals surface area contributed by atoms with E-state index >= 15 is 0 Å². The molecule has 1 aromatic carbocycles. The Labute approximate surface area is 145 Å². The predicted molar refractivity (Wildman–Crippen MR) is 95.2 cm³/mol. The molecule has 0 saturated heterocycles. The fourth-order valence-electron chi connectivity index (χ4n) is 2.38. The first-order chi connectivity index (χ1) is 11.5. The maximum Gasteiger partial charge on any atom is 0.338 e. The van der Waals surface area contributed by atoms with Crippen molar-refractivity contribution in [2.24, 2.45) is 0 Å². The third-order valence-corrected chi connectivity index (χ3v) is 3.88. The van der Waals surface area contributed by atoms with Crippen molar-refractivity contribution < 1.29 is 19.1 Å². The lowest BCUT2D eigenvalue weighted by Crippen LogP contribution is -2.17. The molecule has 4 heteroatoms. The number of esters is 2. The van der Waals surface area contributed by atoms with Crippen LogP contribution in [-0.2, 0) is 9.47 Å². The van der Waals surface area contributed by atoms with Gasteiger partial charge in [0, 0.05) is 0 Å². The van der Waals surface area contributed by atoms with Gasteiger partial charge in [0.2, 0.25) is 0 Å². The lowest BCUT2D eigenvalue weighted by molar-refractivity contribution is 0.0319. The van der Waals surface area contributed by atoms with Crippen LogP contribution in [0.5, 0.6) is 0 Å². The van der Waals surface area contributed by atoms with Crippen LogP contribution in [0.2, 0.25) is 0 Å². The Morgan fingerprint density at radius 1 is 0.875 bits per heavy atom. The first-order valence-electron chi connectivity index (χ1n) is 8.99. The van der Waals surface area contributed by atoms with E-state index in [9.17, 15) is 9.59 Å². The highest BCUT2D eigenvalue weighted by Gasteiger charge is 2.16. The van der Waals surface area contributed by atoms with Crippen LogP contribution in [-0.4, -0.2) is 24.1 Å². The summed E-state index contributed by atoms with van der Waals surface area (Å²) < 4.78 is 10.8. The summed E-state index contributed by atoms with van der Waals surface area (Å²) in [6.07, 6.45) is 5.63. The second-order valence-electron chi connectivity index (χ2n) is 6.30. The van der Waals surface area contributed by atoms with Crippen LogP contribution in [0.4, 0.5) is 0 Å². The van der Waals surface area contributed by atoms with Gasteiger partial charge >= 0.3 is 11.9 Å². The van der Waals surface area contributed by atoms with Crippen LogP contribution >= 0.6 is 0 Å². The van der Waals surface area contributed by atoms with E-state index in [1.807, 2.05) is 13.8 Å². The number of unbranched alkanes of at least 4 members (excludes halogenated alkanes) is 2. The summed E-state index contributed by atoms with van der Waals surface area (Å²) in [5, 5.41) is 0. The van der Waals surface area contributed by atoms with Gasteiger partial charge < -0.3 is 9.47 Å². The van der Waals surface area contributed by atoms with Gasteiger partial charge in [-0.15, -0.1) is 0 Å². The quantitative estimate of drug-likeness (QED) is 0.555. The molecule has 0 amide bonds. The van der Waals surface area contributed by atoms with Gasteiger partial charge in [0.15, 0.2) is 0 Å². The molecular weight excluding hydrogens is 304 g/mol. The number of carbonyl (C=O) groups is 2. The molecule has 0 heterocycles. The highest BCUT2D eigenvalue weighted by molar-refractivity contribution is 5.95. The second kappa shape index (κ2) is 10.8. The van der Waals surface area contributed by atoms with E-state index in [1.165, 1.54) is 0 Å². The smallest absolute Gasteiger partial charge is 0.338 e. The van der Waals surface area contributed by atoms with E-state index in [1.54, 1.807) is 24.3 Å². The zero-order chi connectivity index (χ0) is 17.9. The van der Waals surface area contributed by atoms with E-state index in [4.69, 9.17) is 9.47 Å².